The van der Waals surface area contributed by atoms with Gasteiger partial charge in [-0.3, -0.25) is 43.0 Å². The van der Waals surface area contributed by atoms with Crippen molar-refractivity contribution in [3.05, 3.63) is 135 Å². The van der Waals surface area contributed by atoms with Crippen LogP contribution < -0.4 is 36.8 Å². The lowest BCUT2D eigenvalue weighted by Gasteiger charge is -2.35. The smallest absolute Gasteiger partial charge is 0.407 e. The third-order valence-electron chi connectivity index (χ3n) is 16.5. The molecule has 5 heterocycles. The van der Waals surface area contributed by atoms with E-state index in [-0.39, 0.29) is 75.2 Å². The number of primary amides is 1. The summed E-state index contributed by atoms with van der Waals surface area (Å²) in [7, 11) is -3.44. The maximum atomic E-state index is 16.5. The highest BCUT2D eigenvalue weighted by Gasteiger charge is 2.47. The number of fused-ring (bicyclic) bond motifs is 1. The highest BCUT2D eigenvalue weighted by Crippen LogP contribution is 2.41. The number of aliphatic hydroxyl groups excluding tert-OH is 1. The summed E-state index contributed by atoms with van der Waals surface area (Å²) in [4.78, 5) is 140. The van der Waals surface area contributed by atoms with E-state index in [1.165, 1.54) is 34.1 Å². The van der Waals surface area contributed by atoms with Crippen LogP contribution in [0.5, 0.6) is 0 Å². The number of para-hydroxylation sites is 1. The molecule has 23 nitrogen and oxygen atoms in total. The molecule has 7 atom stereocenters. The molecule has 0 radical (unpaired) electrons. The van der Waals surface area contributed by atoms with Crippen molar-refractivity contribution in [3.63, 3.8) is 0 Å². The summed E-state index contributed by atoms with van der Waals surface area (Å²) in [5, 5.41) is 22.5. The molecule has 1 fully saturated rings. The largest absolute Gasteiger partial charge is 0.450 e. The first kappa shape index (κ1) is 65.1. The van der Waals surface area contributed by atoms with Gasteiger partial charge in [0.15, 0.2) is 0 Å². The number of aliphatic hydroxyl groups is 1. The fraction of sp³-hybridized carbons (Fsp3) is 0.413. The number of thiazole rings is 1. The quantitative estimate of drug-likeness (QED) is 0.0253. The van der Waals surface area contributed by atoms with Gasteiger partial charge in [-0.2, -0.15) is 0 Å². The summed E-state index contributed by atoms with van der Waals surface area (Å²) in [6, 6.07) is 18.0. The molecule has 1 saturated heterocycles. The first-order chi connectivity index (χ1) is 42.2. The number of aromatic nitrogens is 2. The lowest BCUT2D eigenvalue weighted by atomic mass is 9.85. The van der Waals surface area contributed by atoms with Gasteiger partial charge in [-0.25, -0.2) is 14.2 Å². The zero-order valence-electron chi connectivity index (χ0n) is 50.2. The molecule has 0 aliphatic carbocycles. The lowest BCUT2D eigenvalue weighted by molar-refractivity contribution is -0.142. The molecule has 3 aliphatic rings. The number of likely N-dealkylation sites (N-methyl/N-ethyl adjacent to an activating group) is 1. The normalized spacial score (nSPS) is 18.3. The van der Waals surface area contributed by atoms with Crippen molar-refractivity contribution in [2.45, 2.75) is 135 Å². The number of ether oxygens (including phenoxy) is 1. The number of aryl methyl sites for hydroxylation is 3. The standard InChI is InChI=1S/C63H74FN10O13PS/c1-34(36-16-18-39(19-17-36)54-35(2)66-33-89-54)67-57(78)49-30-44(75)32-73(49)60(81)55(63(3,4)5)71-62(83)87-26-8-7-11-37-12-10-15-48(52(37)64)72(6)31-43(22-25-51(65)76)68-58(79)50-29-40-14-9-13-38-20-24-46(59(80)74(50)53(38)40)70-56(77)47-28-42-27-41(21-23-45(42)69-47)61(82)88(84,85)86/h9-10,12-19,21,23,27-28,33-34,43-44,46,49-50,55,69,75H,7-8,11,20,22,24-26,29-32H2,1-6H3,(H2,65,76)(H,67,78)(H,68,79)(H,70,77)(H,71,83)(H2,84,85,86)/t34-,43?,44+,46-,49-,50-,55+/m0/s1. The van der Waals surface area contributed by atoms with Gasteiger partial charge in [0.2, 0.25) is 29.5 Å². The number of anilines is 2. The third kappa shape index (κ3) is 15.0. The van der Waals surface area contributed by atoms with Crippen molar-refractivity contribution in [3.8, 4) is 10.4 Å². The Bertz CT molecular complexity index is 3750. The Labute approximate surface area is 517 Å². The van der Waals surface area contributed by atoms with Crippen molar-refractivity contribution >= 4 is 88.3 Å². The summed E-state index contributed by atoms with van der Waals surface area (Å²) in [6.45, 7) is 8.93. The van der Waals surface area contributed by atoms with Crippen LogP contribution in [-0.2, 0) is 52.5 Å². The molecule has 472 valence electrons. The maximum Gasteiger partial charge on any atom is 0.407 e. The minimum absolute atomic E-state index is 0.0112. The number of hydrogen-bond acceptors (Lipinski definition) is 14. The van der Waals surface area contributed by atoms with Crippen molar-refractivity contribution in [1.29, 1.82) is 0 Å². The van der Waals surface area contributed by atoms with Crippen LogP contribution in [0.25, 0.3) is 21.3 Å². The first-order valence-electron chi connectivity index (χ1n) is 29.4. The number of hydrogen-bond donors (Lipinski definition) is 9. The van der Waals surface area contributed by atoms with Gasteiger partial charge in [-0.1, -0.05) is 75.4 Å². The minimum Gasteiger partial charge on any atom is -0.450 e. The van der Waals surface area contributed by atoms with Gasteiger partial charge in [-0.05, 0) is 116 Å². The minimum atomic E-state index is -5.07. The number of nitrogens with zero attached hydrogens (tertiary/aromatic N) is 4. The fourth-order valence-electron chi connectivity index (χ4n) is 11.8. The molecule has 9 rings (SSSR count). The lowest BCUT2D eigenvalue weighted by Crippen LogP contribution is -2.58. The molecule has 2 aromatic heterocycles. The van der Waals surface area contributed by atoms with E-state index in [1.54, 1.807) is 67.8 Å². The molecule has 7 amide bonds. The number of halogens is 1. The van der Waals surface area contributed by atoms with E-state index in [0.29, 0.717) is 41.4 Å². The average molecular weight is 1260 g/mol. The Morgan fingerprint density at radius 3 is 2.36 bits per heavy atom. The number of carbonyl (C=O) groups excluding carboxylic acids is 8. The fourth-order valence-corrected chi connectivity index (χ4v) is 13.1. The van der Waals surface area contributed by atoms with E-state index in [2.05, 4.69) is 31.2 Å². The number of alkyl carbamates (subject to hydrolysis) is 1. The van der Waals surface area contributed by atoms with E-state index in [4.69, 9.17) is 10.5 Å². The number of aromatic amines is 1. The first-order valence-corrected chi connectivity index (χ1v) is 31.9. The van der Waals surface area contributed by atoms with Gasteiger partial charge >= 0.3 is 13.7 Å². The number of β-amino-alcohol motifs (C(OH)–C–C–N with tert-alkyl or cyclic N) is 1. The van der Waals surface area contributed by atoms with Gasteiger partial charge in [0, 0.05) is 61.9 Å². The Hall–Kier alpha value is -8.35. The second-order valence-electron chi connectivity index (χ2n) is 24.1. The SMILES string of the molecule is Cc1ncsc1-c1ccc([C@H](C)NC(=O)[C@@H]2C[C@@H](O)CN2C(=O)[C@@H](NC(=O)OCCCCc2cccc(N(C)CC(CCC(N)=O)NC(=O)[C@@H]3Cc4cccc5c4N3C(=O)[C@@H](NC(=O)c3cc4cc(C(=O)P(=O)(O)O)ccc4[nH]3)CC5)c2F)C(C)(C)C)cc1. The van der Waals surface area contributed by atoms with Gasteiger partial charge < -0.3 is 61.4 Å². The Morgan fingerprint density at radius 2 is 1.66 bits per heavy atom. The van der Waals surface area contributed by atoms with Crippen molar-refractivity contribution in [2.24, 2.45) is 11.1 Å². The highest BCUT2D eigenvalue weighted by molar-refractivity contribution is 7.70. The van der Waals surface area contributed by atoms with Gasteiger partial charge in [0.05, 0.1) is 46.2 Å². The summed E-state index contributed by atoms with van der Waals surface area (Å²) in [6.07, 6.45) is -0.185. The molecule has 0 spiro atoms. The molecule has 0 bridgehead atoms. The highest BCUT2D eigenvalue weighted by atomic mass is 32.1. The van der Waals surface area contributed by atoms with E-state index >= 15 is 4.39 Å². The molecule has 89 heavy (non-hydrogen) atoms. The molecule has 0 saturated carbocycles. The summed E-state index contributed by atoms with van der Waals surface area (Å²) in [5.74, 6) is -3.92. The molecule has 3 aliphatic heterocycles. The number of unbranched alkanes of at least 4 members (excludes halogenated alkanes) is 1. The number of nitrogens with two attached hydrogens (primary N) is 1. The van der Waals surface area contributed by atoms with Crippen molar-refractivity contribution in [2.75, 3.05) is 36.5 Å². The van der Waals surface area contributed by atoms with E-state index in [0.717, 1.165) is 32.8 Å². The number of rotatable bonds is 23. The van der Waals surface area contributed by atoms with Crippen LogP contribution in [0.4, 0.5) is 20.6 Å². The molecule has 4 aromatic carbocycles. The average Bonchev–Trinajstić information content (AvgIpc) is 1.76. The molecular formula is C63H74FN10O13PS. The van der Waals surface area contributed by atoms with Crippen LogP contribution in [-0.4, -0.2) is 140 Å². The molecular weight excluding hydrogens is 1190 g/mol. The van der Waals surface area contributed by atoms with Gasteiger partial charge in [-0.15, -0.1) is 11.3 Å². The zero-order chi connectivity index (χ0) is 64.2. The van der Waals surface area contributed by atoms with Gasteiger partial charge in [0.1, 0.15) is 35.7 Å². The summed E-state index contributed by atoms with van der Waals surface area (Å²) >= 11 is 1.54. The van der Waals surface area contributed by atoms with Crippen LogP contribution in [0, 0.1) is 18.2 Å². The van der Waals surface area contributed by atoms with E-state index in [9.17, 15) is 57.8 Å². The van der Waals surface area contributed by atoms with Crippen LogP contribution in [0.1, 0.15) is 121 Å². The summed E-state index contributed by atoms with van der Waals surface area (Å²) in [5.41, 5.74) is 10.8. The number of amides is 7. The maximum absolute atomic E-state index is 16.5. The van der Waals surface area contributed by atoms with E-state index < -0.39 is 108 Å². The van der Waals surface area contributed by atoms with Gasteiger partial charge in [0.25, 0.3) is 11.4 Å². The Kier molecular flexibility index (Phi) is 19.9. The zero-order valence-corrected chi connectivity index (χ0v) is 51.9. The number of nitrogens with one attached hydrogen (secondary N) is 5. The Balaban J connectivity index is 0.781. The molecule has 1 unspecified atom stereocenters. The predicted octanol–water partition coefficient (Wildman–Crippen LogP) is 6.25. The van der Waals surface area contributed by atoms with Crippen molar-refractivity contribution < 1.29 is 66.9 Å². The van der Waals surface area contributed by atoms with Crippen molar-refractivity contribution in [1.82, 2.24) is 36.1 Å². The van der Waals surface area contributed by atoms with Crippen LogP contribution >= 0.6 is 18.9 Å². The topological polar surface area (TPSA) is 336 Å². The third-order valence-corrected chi connectivity index (χ3v) is 18.3. The number of carbonyl (C=O) groups is 8. The number of likely N-dealkylation sites (tertiary alicyclic amines) is 1. The predicted molar refractivity (Wildman–Crippen MR) is 331 cm³/mol. The van der Waals surface area contributed by atoms with Crippen LogP contribution in [0.15, 0.2) is 90.4 Å². The Morgan fingerprint density at radius 1 is 0.944 bits per heavy atom. The van der Waals surface area contributed by atoms with E-state index in [1.807, 2.05) is 56.3 Å². The van der Waals surface area contributed by atoms with Crippen LogP contribution in [0.2, 0.25) is 0 Å². The molecule has 26 heteroatoms. The molecule has 6 aromatic rings. The summed E-state index contributed by atoms with van der Waals surface area (Å²) < 4.78 is 33.6. The van der Waals surface area contributed by atoms with Crippen LogP contribution in [0.3, 0.4) is 0 Å². The number of H-pyrrole nitrogens is 1. The number of benzene rings is 4. The second-order valence-corrected chi connectivity index (χ2v) is 26.5. The monoisotopic (exact) mass is 1260 g/mol. The second kappa shape index (κ2) is 27.2. The molecule has 10 N–H and O–H groups in total.